The minimum absolute atomic E-state index is 0.0223. The van der Waals surface area contributed by atoms with E-state index in [-0.39, 0.29) is 32.1 Å². The molecule has 5 rings (SSSR count). The SMILES string of the molecule is CNC(=O)OCCCNC(=O)Nc1cccc(NC(=O)Nc2ccc(C(=O)c3ccc(NC(=O)Nc4cccc(NC(=O)NCCCOC(=O)Nc5cccc(N=C=O)c5)c4)cc3)cc2)c1. The number of aliphatic imine (C=N–C) groups is 1. The first-order chi connectivity index (χ1) is 32.0. The van der Waals surface area contributed by atoms with Gasteiger partial charge in [0, 0.05) is 71.1 Å². The lowest BCUT2D eigenvalue weighted by molar-refractivity contribution is 0.103. The molecule has 66 heavy (non-hydrogen) atoms. The number of alkyl carbamates (subject to hydrolysis) is 1. The molecule has 0 heterocycles. The van der Waals surface area contributed by atoms with Gasteiger partial charge in [-0.1, -0.05) is 18.2 Å². The summed E-state index contributed by atoms with van der Waals surface area (Å²) in [4.78, 5) is 100. The number of rotatable bonds is 18. The highest BCUT2D eigenvalue weighted by molar-refractivity contribution is 6.10. The zero-order valence-corrected chi connectivity index (χ0v) is 35.3. The van der Waals surface area contributed by atoms with Gasteiger partial charge in [0.25, 0.3) is 0 Å². The van der Waals surface area contributed by atoms with Gasteiger partial charge in [0.1, 0.15) is 0 Å². The Morgan fingerprint density at radius 3 is 1.30 bits per heavy atom. The number of carbonyl (C=O) groups excluding carboxylic acids is 8. The van der Waals surface area contributed by atoms with Crippen molar-refractivity contribution in [2.45, 2.75) is 12.8 Å². The smallest absolute Gasteiger partial charge is 0.411 e. The lowest BCUT2D eigenvalue weighted by Gasteiger charge is -2.11. The molecule has 0 atom stereocenters. The molecule has 0 aliphatic carbocycles. The van der Waals surface area contributed by atoms with E-state index in [1.54, 1.807) is 115 Å². The number of ether oxygens (including phenoxy) is 2. The van der Waals surface area contributed by atoms with Crippen LogP contribution in [0.25, 0.3) is 0 Å². The maximum atomic E-state index is 13.2. The van der Waals surface area contributed by atoms with Gasteiger partial charge in [0.2, 0.25) is 6.08 Å². The monoisotopic (exact) mass is 899 g/mol. The van der Waals surface area contributed by atoms with Crippen LogP contribution in [0.5, 0.6) is 0 Å². The number of hydrogen-bond acceptors (Lipinski definition) is 11. The topological polar surface area (TPSA) is 288 Å². The van der Waals surface area contributed by atoms with Gasteiger partial charge < -0.3 is 57.3 Å². The normalized spacial score (nSPS) is 10.1. The van der Waals surface area contributed by atoms with Gasteiger partial charge in [-0.05, 0) is 116 Å². The van der Waals surface area contributed by atoms with Crippen molar-refractivity contribution in [3.8, 4) is 0 Å². The van der Waals surface area contributed by atoms with Crippen molar-refractivity contribution in [3.05, 3.63) is 132 Å². The molecule has 0 aromatic heterocycles. The molecule has 5 aromatic carbocycles. The Hall–Kier alpha value is -9.23. The Labute approximate surface area is 377 Å². The van der Waals surface area contributed by atoms with E-state index in [1.165, 1.54) is 19.2 Å². The summed E-state index contributed by atoms with van der Waals surface area (Å²) in [6.07, 6.45) is 0.905. The molecule has 21 nitrogen and oxygen atoms in total. The summed E-state index contributed by atoms with van der Waals surface area (Å²) >= 11 is 0. The molecular formula is C45H45N11O10. The van der Waals surface area contributed by atoms with Crippen LogP contribution in [0.3, 0.4) is 0 Å². The van der Waals surface area contributed by atoms with Gasteiger partial charge in [0.15, 0.2) is 5.78 Å². The van der Waals surface area contributed by atoms with Crippen LogP contribution < -0.4 is 53.2 Å². The van der Waals surface area contributed by atoms with E-state index >= 15 is 0 Å². The van der Waals surface area contributed by atoms with Crippen LogP contribution in [0.15, 0.2) is 126 Å². The number of nitrogens with one attached hydrogen (secondary N) is 10. The molecule has 0 fully saturated rings. The zero-order chi connectivity index (χ0) is 47.1. The number of carbonyl (C=O) groups is 7. The number of benzene rings is 5. The Kier molecular flexibility index (Phi) is 18.1. The second-order valence-corrected chi connectivity index (χ2v) is 13.7. The van der Waals surface area contributed by atoms with E-state index < -0.39 is 36.3 Å². The number of nitrogens with zero attached hydrogens (tertiary/aromatic N) is 1. The van der Waals surface area contributed by atoms with Gasteiger partial charge >= 0.3 is 36.3 Å². The molecule has 0 saturated heterocycles. The molecular weight excluding hydrogens is 855 g/mol. The molecule has 5 aromatic rings. The van der Waals surface area contributed by atoms with E-state index in [0.29, 0.717) is 69.5 Å². The number of anilines is 7. The van der Waals surface area contributed by atoms with Gasteiger partial charge in [-0.2, -0.15) is 4.99 Å². The standard InChI is InChI=1S/C45H45N11O10/c1-46-44(63)65-23-5-21-47-40(59)52-34-8-3-10-36(26-34)54-42(61)50-31-17-13-29(14-18-31)39(58)30-15-19-32(20-16-30)51-43(62)55-37-11-4-9-35(27-37)53-41(60)48-22-6-24-66-45(64)56-38-12-2-7-33(25-38)49-28-57/h2-4,7-20,25-27H,5-6,21-24H2,1H3,(H,46,63)(H,56,64)(H2,47,52,59)(H2,48,53,60)(H2,50,54,61)(H2,51,55,62). The minimum atomic E-state index is -0.714. The number of urea groups is 4. The average molecular weight is 900 g/mol. The van der Waals surface area contributed by atoms with Crippen LogP contribution in [-0.2, 0) is 14.3 Å². The highest BCUT2D eigenvalue weighted by Crippen LogP contribution is 2.21. The molecule has 0 aliphatic rings. The lowest BCUT2D eigenvalue weighted by Crippen LogP contribution is -2.30. The fraction of sp³-hybridized carbons (Fsp3) is 0.156. The molecule has 21 heteroatoms. The van der Waals surface area contributed by atoms with Gasteiger partial charge in [-0.25, -0.2) is 33.6 Å². The van der Waals surface area contributed by atoms with Gasteiger partial charge in [-0.15, -0.1) is 0 Å². The Morgan fingerprint density at radius 2 is 0.864 bits per heavy atom. The Bertz CT molecular complexity index is 2570. The third kappa shape index (κ3) is 16.6. The molecule has 0 aliphatic heterocycles. The van der Waals surface area contributed by atoms with Crippen LogP contribution in [0.2, 0.25) is 0 Å². The summed E-state index contributed by atoms with van der Waals surface area (Å²) in [6.45, 7) is 0.637. The van der Waals surface area contributed by atoms with Crippen LogP contribution in [-0.4, -0.2) is 81.5 Å². The summed E-state index contributed by atoms with van der Waals surface area (Å²) in [5.41, 5.74) is 3.89. The molecule has 0 radical (unpaired) electrons. The van der Waals surface area contributed by atoms with E-state index in [4.69, 9.17) is 9.47 Å². The third-order valence-electron chi connectivity index (χ3n) is 8.72. The number of isocyanates is 1. The second kappa shape index (κ2) is 25.0. The van der Waals surface area contributed by atoms with Crippen molar-refractivity contribution >= 4 is 93.7 Å². The Morgan fingerprint density at radius 1 is 0.470 bits per heavy atom. The number of hydrogen-bond donors (Lipinski definition) is 10. The molecule has 10 N–H and O–H groups in total. The van der Waals surface area contributed by atoms with Crippen molar-refractivity contribution in [1.82, 2.24) is 16.0 Å². The maximum absolute atomic E-state index is 13.2. The largest absolute Gasteiger partial charge is 0.450 e. The number of amides is 10. The minimum Gasteiger partial charge on any atom is -0.450 e. The highest BCUT2D eigenvalue weighted by atomic mass is 16.6. The molecule has 0 spiro atoms. The summed E-state index contributed by atoms with van der Waals surface area (Å²) in [7, 11) is 1.45. The first kappa shape index (κ1) is 47.8. The summed E-state index contributed by atoms with van der Waals surface area (Å²) in [5, 5.41) is 26.2. The second-order valence-electron chi connectivity index (χ2n) is 13.7. The first-order valence-corrected chi connectivity index (χ1v) is 20.1. The quantitative estimate of drug-likeness (QED) is 0.0176. The molecule has 340 valence electrons. The highest BCUT2D eigenvalue weighted by Gasteiger charge is 2.13. The molecule has 0 bridgehead atoms. The fourth-order valence-electron chi connectivity index (χ4n) is 5.67. The van der Waals surface area contributed by atoms with Crippen molar-refractivity contribution in [1.29, 1.82) is 0 Å². The van der Waals surface area contributed by atoms with Crippen molar-refractivity contribution < 1.29 is 47.8 Å². The third-order valence-corrected chi connectivity index (χ3v) is 8.72. The molecule has 10 amide bonds. The average Bonchev–Trinajstić information content (AvgIpc) is 3.29. The Balaban J connectivity index is 0.990. The predicted octanol–water partition coefficient (Wildman–Crippen LogP) is 7.80. The maximum Gasteiger partial charge on any atom is 0.411 e. The summed E-state index contributed by atoms with van der Waals surface area (Å²) in [5.74, 6) is -0.288. The lowest BCUT2D eigenvalue weighted by atomic mass is 10.0. The van der Waals surface area contributed by atoms with E-state index in [0.717, 1.165) is 0 Å². The van der Waals surface area contributed by atoms with E-state index in [1.807, 2.05) is 0 Å². The van der Waals surface area contributed by atoms with Crippen LogP contribution in [0.4, 0.5) is 74.3 Å². The van der Waals surface area contributed by atoms with Gasteiger partial charge in [-0.3, -0.25) is 10.1 Å². The van der Waals surface area contributed by atoms with Gasteiger partial charge in [0.05, 0.1) is 18.9 Å². The predicted molar refractivity (Wildman–Crippen MR) is 247 cm³/mol. The zero-order valence-electron chi connectivity index (χ0n) is 35.3. The summed E-state index contributed by atoms with van der Waals surface area (Å²) < 4.78 is 9.97. The van der Waals surface area contributed by atoms with E-state index in [9.17, 15) is 38.4 Å². The number of ketones is 1. The van der Waals surface area contributed by atoms with Crippen LogP contribution >= 0.6 is 0 Å². The first-order valence-electron chi connectivity index (χ1n) is 20.1. The van der Waals surface area contributed by atoms with Crippen LogP contribution in [0, 0.1) is 0 Å². The van der Waals surface area contributed by atoms with E-state index in [2.05, 4.69) is 58.2 Å². The summed E-state index contributed by atoms with van der Waals surface area (Å²) in [6, 6.07) is 29.7. The van der Waals surface area contributed by atoms with Crippen molar-refractivity contribution in [3.63, 3.8) is 0 Å². The fourth-order valence-corrected chi connectivity index (χ4v) is 5.67. The van der Waals surface area contributed by atoms with Crippen molar-refractivity contribution in [2.24, 2.45) is 4.99 Å². The van der Waals surface area contributed by atoms with Crippen molar-refractivity contribution in [2.75, 3.05) is 70.6 Å². The van der Waals surface area contributed by atoms with Crippen LogP contribution in [0.1, 0.15) is 28.8 Å². The molecule has 0 saturated carbocycles. The molecule has 0 unspecified atom stereocenters.